The van der Waals surface area contributed by atoms with Crippen molar-refractivity contribution in [3.8, 4) is 56.4 Å². The Labute approximate surface area is 394 Å². The average Bonchev–Trinajstić information content (AvgIpc) is 3.93. The zero-order chi connectivity index (χ0) is 48.8. The molecule has 0 saturated heterocycles. The summed E-state index contributed by atoms with van der Waals surface area (Å²) in [7, 11) is 0. The number of rotatable bonds is 7. The second-order valence-corrected chi connectivity index (χ2v) is 19.6. The molecule has 1 aliphatic rings. The van der Waals surface area contributed by atoms with Gasteiger partial charge in [-0.25, -0.2) is 0 Å². The number of anilines is 2. The quantitative estimate of drug-likeness (QED) is 0.149. The summed E-state index contributed by atoms with van der Waals surface area (Å²) >= 11 is 2.36. The third-order valence-electron chi connectivity index (χ3n) is 12.1. The minimum absolute atomic E-state index is 0.136. The van der Waals surface area contributed by atoms with Crippen LogP contribution >= 0.6 is 0 Å². The Hall–Kier alpha value is -6.50. The van der Waals surface area contributed by atoms with Crippen LogP contribution in [-0.2, 0) is 30.2 Å². The number of hydrogen-bond donors (Lipinski definition) is 0. The minimum atomic E-state index is -0.432. The van der Waals surface area contributed by atoms with E-state index >= 15 is 0 Å². The van der Waals surface area contributed by atoms with E-state index in [1.54, 1.807) is 0 Å². The molecule has 0 atom stereocenters. The average molecular weight is 1020 g/mol. The molecular weight excluding hydrogens is 967 g/mol. The van der Waals surface area contributed by atoms with E-state index in [1.165, 1.54) is 11.1 Å². The first kappa shape index (κ1) is 35.9. The summed E-state index contributed by atoms with van der Waals surface area (Å²) in [6.07, 6.45) is 3.66. The molecule has 0 N–H and O–H groups in total. The molecule has 0 aliphatic carbocycles. The fourth-order valence-electron chi connectivity index (χ4n) is 8.74. The fraction of sp³-hybridized carbons (Fsp3) is 0.182. The Bertz CT molecular complexity index is 3540. The summed E-state index contributed by atoms with van der Waals surface area (Å²) in [4.78, 5) is 6.97. The second-order valence-electron chi connectivity index (χ2n) is 18.5. The van der Waals surface area contributed by atoms with Crippen LogP contribution in [0.2, 0.25) is 6.82 Å². The van der Waals surface area contributed by atoms with Gasteiger partial charge in [-0.05, 0) is 18.6 Å². The van der Waals surface area contributed by atoms with E-state index in [9.17, 15) is 2.74 Å². The van der Waals surface area contributed by atoms with Crippen LogP contribution in [0.4, 0.5) is 11.5 Å². The Kier molecular flexibility index (Phi) is 8.94. The van der Waals surface area contributed by atoms with Crippen molar-refractivity contribution in [2.45, 2.75) is 66.1 Å². The number of hydrogen-bond acceptors (Lipinski definition) is 4. The summed E-state index contributed by atoms with van der Waals surface area (Å²) in [5.41, 5.74) is 11.9. The molecule has 6 aromatic carbocycles. The normalized spacial score (nSPS) is 13.8. The number of nitrogens with zero attached hydrogens (tertiary/aromatic N) is 6. The summed E-state index contributed by atoms with van der Waals surface area (Å²) in [5, 5.41) is 4.67. The number of aryl methyl sites for hydroxylation is 1. The monoisotopic (exact) mass is 1020 g/mol. The van der Waals surface area contributed by atoms with E-state index in [4.69, 9.17) is 13.8 Å². The van der Waals surface area contributed by atoms with Crippen LogP contribution < -0.4 is 9.55 Å². The van der Waals surface area contributed by atoms with Gasteiger partial charge >= 0.3 is 360 Å². The van der Waals surface area contributed by atoms with Gasteiger partial charge in [-0.15, -0.1) is 0 Å². The molecule has 3 aromatic heterocycles. The van der Waals surface area contributed by atoms with E-state index in [2.05, 4.69) is 154 Å². The number of para-hydroxylation sites is 3. The molecule has 0 spiro atoms. The van der Waals surface area contributed by atoms with Gasteiger partial charge in [-0.1, -0.05) is 0 Å². The molecule has 1 aliphatic heterocycles. The first-order valence-electron chi connectivity index (χ1n) is 24.0. The van der Waals surface area contributed by atoms with Crippen LogP contribution in [0.5, 0.6) is 11.5 Å². The Morgan fingerprint density at radius 3 is 2.02 bits per heavy atom. The maximum absolute atomic E-state index is 9.25. The van der Waals surface area contributed by atoms with Crippen molar-refractivity contribution >= 4 is 29.5 Å². The molecule has 9 aromatic rings. The van der Waals surface area contributed by atoms with Crippen molar-refractivity contribution < 1.29 is 30.9 Å². The first-order chi connectivity index (χ1) is 32.8. The SMILES string of the molecule is [2H]c1c([2H])c([2H])c(-c2cccc(-c3cc(C(C)(C)C)cc(C(C)(C)C)c3)c2-n2[c](=[Pt])n(-c3cccc(Oc4ccc5c(c4)N(c4cc(C)ccn4)B(C)n4nccc4-5)c3)c3ccccc32)c([2H])c1[2H]. The van der Waals surface area contributed by atoms with Crippen molar-refractivity contribution in [3.63, 3.8) is 0 Å². The zero-order valence-electron chi connectivity index (χ0n) is 42.2. The van der Waals surface area contributed by atoms with Gasteiger partial charge in [-0.2, -0.15) is 5.10 Å². The third-order valence-corrected chi connectivity index (χ3v) is 13.1. The summed E-state index contributed by atoms with van der Waals surface area (Å²) < 4.78 is 58.4. The van der Waals surface area contributed by atoms with Crippen LogP contribution in [0.1, 0.15) is 65.1 Å². The van der Waals surface area contributed by atoms with E-state index in [0.29, 0.717) is 22.7 Å². The van der Waals surface area contributed by atoms with Gasteiger partial charge in [-0.3, -0.25) is 0 Å². The van der Waals surface area contributed by atoms with Crippen molar-refractivity contribution in [2.24, 2.45) is 0 Å². The van der Waals surface area contributed by atoms with Crippen molar-refractivity contribution in [1.29, 1.82) is 0 Å². The van der Waals surface area contributed by atoms with Crippen molar-refractivity contribution in [1.82, 2.24) is 23.8 Å². The molecule has 0 radical (unpaired) electrons. The number of imidazole rings is 1. The van der Waals surface area contributed by atoms with Gasteiger partial charge in [0.15, 0.2) is 0 Å². The van der Waals surface area contributed by atoms with Crippen molar-refractivity contribution in [3.05, 3.63) is 184 Å². The van der Waals surface area contributed by atoms with E-state index in [1.807, 2.05) is 77.7 Å². The molecule has 64 heavy (non-hydrogen) atoms. The Balaban J connectivity index is 1.17. The van der Waals surface area contributed by atoms with Gasteiger partial charge in [0.25, 0.3) is 0 Å². The molecule has 0 bridgehead atoms. The maximum atomic E-state index is 9.25. The van der Waals surface area contributed by atoms with E-state index < -0.39 is 6.04 Å². The predicted octanol–water partition coefficient (Wildman–Crippen LogP) is 13.9. The molecule has 10 rings (SSSR count). The Morgan fingerprint density at radius 2 is 1.31 bits per heavy atom. The van der Waals surface area contributed by atoms with Crippen LogP contribution in [0, 0.1) is 10.7 Å². The van der Waals surface area contributed by atoms with Gasteiger partial charge in [0.05, 0.1) is 0 Å². The number of benzene rings is 6. The fourth-order valence-corrected chi connectivity index (χ4v) is 9.83. The first-order valence-corrected chi connectivity index (χ1v) is 22.7. The molecule has 4 heterocycles. The molecule has 0 fully saturated rings. The number of fused-ring (bicyclic) bond motifs is 4. The molecular formula is C55H51BN6OPt. The topological polar surface area (TPSA) is 53.0 Å². The third kappa shape index (κ3) is 7.38. The van der Waals surface area contributed by atoms with Crippen LogP contribution in [0.15, 0.2) is 164 Å². The van der Waals surface area contributed by atoms with Gasteiger partial charge in [0, 0.05) is 12.4 Å². The summed E-state index contributed by atoms with van der Waals surface area (Å²) in [6, 6.07) is 39.3. The molecule has 9 heteroatoms. The molecule has 0 saturated carbocycles. The van der Waals surface area contributed by atoms with Crippen LogP contribution in [-0.4, -0.2) is 30.8 Å². The van der Waals surface area contributed by atoms with Gasteiger partial charge in [0.1, 0.15) is 0 Å². The molecule has 7 nitrogen and oxygen atoms in total. The molecule has 0 amide bonds. The van der Waals surface area contributed by atoms with Crippen LogP contribution in [0.3, 0.4) is 0 Å². The van der Waals surface area contributed by atoms with E-state index in [-0.39, 0.29) is 47.5 Å². The Morgan fingerprint density at radius 1 is 0.641 bits per heavy atom. The number of aromatic nitrogens is 5. The standard InChI is InChI=1S/C55H51BN6O.Pt/c1-37-26-28-57-52(30-37)61-51-35-44(24-25-47(51)48-27-29-58-62(48)56(61)8)63-43-19-14-18-42(34-43)59-36-60(50-23-13-12-22-49(50)59)53-45(38-16-10-9-11-17-38)20-15-21-46(53)39-31-40(54(2,3)4)33-41(32-39)55(5,6)7;/h9-35H,1-8H3;/i9D,10D,11D,16D,17D;. The summed E-state index contributed by atoms with van der Waals surface area (Å²) in [5.74, 6) is 2.12. The van der Waals surface area contributed by atoms with E-state index in [0.717, 1.165) is 60.0 Å². The van der Waals surface area contributed by atoms with Gasteiger partial charge < -0.3 is 0 Å². The number of ether oxygens (including phenoxy) is 1. The second kappa shape index (κ2) is 15.9. The zero-order valence-corrected chi connectivity index (χ0v) is 39.5. The predicted molar refractivity (Wildman–Crippen MR) is 260 cm³/mol. The van der Waals surface area contributed by atoms with Crippen molar-refractivity contribution in [2.75, 3.05) is 4.81 Å². The molecule has 0 unspecified atom stereocenters. The summed E-state index contributed by atoms with van der Waals surface area (Å²) in [6.45, 7) is 17.3. The van der Waals surface area contributed by atoms with Gasteiger partial charge in [0.2, 0.25) is 0 Å². The molecule has 320 valence electrons. The number of pyridine rings is 1. The van der Waals surface area contributed by atoms with Crippen LogP contribution in [0.25, 0.3) is 55.9 Å².